The molecule has 1 atom stereocenters. The highest BCUT2D eigenvalue weighted by Gasteiger charge is 2.31. The number of carbonyl (C=O) groups is 2. The molecule has 0 saturated carbocycles. The van der Waals surface area contributed by atoms with Crippen LogP contribution in [0.3, 0.4) is 0 Å². The van der Waals surface area contributed by atoms with Crippen LogP contribution >= 0.6 is 0 Å². The Labute approximate surface area is 165 Å². The number of benzene rings is 2. The Kier molecular flexibility index (Phi) is 5.30. The van der Waals surface area contributed by atoms with Crippen LogP contribution in [0.2, 0.25) is 0 Å². The average molecular weight is 378 g/mol. The van der Waals surface area contributed by atoms with Crippen molar-refractivity contribution in [3.05, 3.63) is 59.7 Å². The summed E-state index contributed by atoms with van der Waals surface area (Å²) in [7, 11) is 0. The summed E-state index contributed by atoms with van der Waals surface area (Å²) < 4.78 is 0. The molecule has 2 aromatic carbocycles. The Bertz CT molecular complexity index is 876. The van der Waals surface area contributed by atoms with Crippen LogP contribution in [0.5, 0.6) is 0 Å². The van der Waals surface area contributed by atoms with Crippen LogP contribution in [0.15, 0.2) is 48.5 Å². The highest BCUT2D eigenvalue weighted by atomic mass is 16.2. The van der Waals surface area contributed by atoms with Gasteiger partial charge in [0.25, 0.3) is 0 Å². The van der Waals surface area contributed by atoms with Crippen molar-refractivity contribution >= 4 is 23.2 Å². The zero-order valence-electron chi connectivity index (χ0n) is 15.9. The van der Waals surface area contributed by atoms with Gasteiger partial charge in [0.05, 0.1) is 24.0 Å². The second-order valence-electron chi connectivity index (χ2n) is 7.56. The van der Waals surface area contributed by atoms with E-state index in [0.717, 1.165) is 35.6 Å². The predicted molar refractivity (Wildman–Crippen MR) is 110 cm³/mol. The summed E-state index contributed by atoms with van der Waals surface area (Å²) in [4.78, 5) is 29.0. The van der Waals surface area contributed by atoms with Crippen LogP contribution in [0.25, 0.3) is 0 Å². The van der Waals surface area contributed by atoms with Crippen molar-refractivity contribution in [2.75, 3.05) is 29.9 Å². The van der Waals surface area contributed by atoms with Crippen molar-refractivity contribution in [3.8, 4) is 0 Å². The maximum Gasteiger partial charge on any atom is 0.238 e. The first kappa shape index (κ1) is 18.5. The maximum atomic E-state index is 12.8. The highest BCUT2D eigenvalue weighted by Crippen LogP contribution is 2.29. The number of para-hydroxylation sites is 2. The smallest absolute Gasteiger partial charge is 0.238 e. The second kappa shape index (κ2) is 8.02. The summed E-state index contributed by atoms with van der Waals surface area (Å²) in [5.74, 6) is -0.517. The van der Waals surface area contributed by atoms with Gasteiger partial charge in [-0.2, -0.15) is 0 Å². The number of hydrogen-bond donors (Lipinski definition) is 2. The molecule has 0 spiro atoms. The topological polar surface area (TPSA) is 78.7 Å². The Hall–Kier alpha value is -2.86. The zero-order valence-corrected chi connectivity index (χ0v) is 15.9. The lowest BCUT2D eigenvalue weighted by molar-refractivity contribution is -0.125. The molecule has 2 aromatic rings. The van der Waals surface area contributed by atoms with E-state index in [1.54, 1.807) is 0 Å². The number of amides is 2. The normalized spacial score (nSPS) is 19.3. The summed E-state index contributed by atoms with van der Waals surface area (Å²) in [5.41, 5.74) is 9.78. The van der Waals surface area contributed by atoms with Gasteiger partial charge >= 0.3 is 0 Å². The maximum absolute atomic E-state index is 12.8. The van der Waals surface area contributed by atoms with E-state index in [9.17, 15) is 9.59 Å². The number of hydrogen-bond acceptors (Lipinski definition) is 4. The first-order valence-electron chi connectivity index (χ1n) is 9.86. The zero-order chi connectivity index (χ0) is 19.5. The minimum Gasteiger partial charge on any atom is -0.370 e. The van der Waals surface area contributed by atoms with E-state index in [0.29, 0.717) is 13.0 Å². The monoisotopic (exact) mass is 378 g/mol. The van der Waals surface area contributed by atoms with Gasteiger partial charge < -0.3 is 16.0 Å². The minimum atomic E-state index is -0.463. The molecule has 28 heavy (non-hydrogen) atoms. The van der Waals surface area contributed by atoms with E-state index in [1.807, 2.05) is 53.4 Å². The third-order valence-electron chi connectivity index (χ3n) is 5.65. The van der Waals surface area contributed by atoms with Gasteiger partial charge in [-0.3, -0.25) is 14.5 Å². The lowest BCUT2D eigenvalue weighted by Gasteiger charge is -2.34. The molecule has 2 heterocycles. The lowest BCUT2D eigenvalue weighted by atomic mass is 9.93. The second-order valence-corrected chi connectivity index (χ2v) is 7.56. The Morgan fingerprint density at radius 1 is 1.00 bits per heavy atom. The Morgan fingerprint density at radius 3 is 2.43 bits per heavy atom. The van der Waals surface area contributed by atoms with Gasteiger partial charge in [-0.1, -0.05) is 36.4 Å². The van der Waals surface area contributed by atoms with Crippen molar-refractivity contribution in [3.63, 3.8) is 0 Å². The van der Waals surface area contributed by atoms with Gasteiger partial charge in [0, 0.05) is 19.6 Å². The van der Waals surface area contributed by atoms with Gasteiger partial charge in [0.15, 0.2) is 0 Å². The van der Waals surface area contributed by atoms with Crippen molar-refractivity contribution in [1.82, 2.24) is 4.90 Å². The summed E-state index contributed by atoms with van der Waals surface area (Å²) in [6.07, 6.45) is 2.90. The molecule has 0 unspecified atom stereocenters. The molecule has 6 nitrogen and oxygen atoms in total. The number of nitrogens with zero attached hydrogens (tertiary/aromatic N) is 2. The molecule has 146 valence electrons. The molecule has 0 aromatic heterocycles. The first-order chi connectivity index (χ1) is 13.6. The van der Waals surface area contributed by atoms with Crippen LogP contribution in [-0.2, 0) is 22.6 Å². The molecule has 1 fully saturated rings. The minimum absolute atomic E-state index is 0.128. The van der Waals surface area contributed by atoms with Gasteiger partial charge in [-0.25, -0.2) is 0 Å². The fourth-order valence-corrected chi connectivity index (χ4v) is 4.21. The van der Waals surface area contributed by atoms with E-state index >= 15 is 0 Å². The highest BCUT2D eigenvalue weighted by molar-refractivity contribution is 5.96. The van der Waals surface area contributed by atoms with Crippen molar-refractivity contribution < 1.29 is 9.59 Å². The molecule has 2 aliphatic rings. The number of primary amides is 1. The van der Waals surface area contributed by atoms with Crippen molar-refractivity contribution in [2.45, 2.75) is 31.8 Å². The third kappa shape index (κ3) is 3.87. The Morgan fingerprint density at radius 2 is 1.68 bits per heavy atom. The lowest BCUT2D eigenvalue weighted by Crippen LogP contribution is -2.50. The molecular formula is C22H26N4O2. The quantitative estimate of drug-likeness (QED) is 0.836. The van der Waals surface area contributed by atoms with E-state index in [1.165, 1.54) is 12.8 Å². The standard InChI is InChI=1S/C22H26N4O2/c23-22(28)20-13-16-7-1-2-8-17(16)14-26(20)15-21(27)24-18-9-3-4-10-19(18)25-11-5-6-12-25/h1-4,7-10,20H,5-6,11-15H2,(H2,23,28)(H,24,27)/t20-/m0/s1. The molecule has 4 rings (SSSR count). The van der Waals surface area contributed by atoms with E-state index in [2.05, 4.69) is 10.2 Å². The van der Waals surface area contributed by atoms with Crippen LogP contribution in [0.4, 0.5) is 11.4 Å². The number of nitrogens with two attached hydrogens (primary N) is 1. The van der Waals surface area contributed by atoms with Crippen LogP contribution < -0.4 is 16.0 Å². The van der Waals surface area contributed by atoms with Crippen molar-refractivity contribution in [2.24, 2.45) is 5.73 Å². The van der Waals surface area contributed by atoms with Gasteiger partial charge in [0.2, 0.25) is 11.8 Å². The average Bonchev–Trinajstić information content (AvgIpc) is 3.22. The van der Waals surface area contributed by atoms with E-state index < -0.39 is 6.04 Å². The van der Waals surface area contributed by atoms with Crippen LogP contribution in [0.1, 0.15) is 24.0 Å². The molecule has 0 aliphatic carbocycles. The first-order valence-corrected chi connectivity index (χ1v) is 9.86. The van der Waals surface area contributed by atoms with Crippen LogP contribution in [-0.4, -0.2) is 42.4 Å². The summed E-state index contributed by atoms with van der Waals surface area (Å²) >= 11 is 0. The van der Waals surface area contributed by atoms with Gasteiger partial charge in [0.1, 0.15) is 0 Å². The molecule has 2 aliphatic heterocycles. The third-order valence-corrected chi connectivity index (χ3v) is 5.65. The van der Waals surface area contributed by atoms with E-state index in [4.69, 9.17) is 5.73 Å². The van der Waals surface area contributed by atoms with Gasteiger partial charge in [-0.15, -0.1) is 0 Å². The molecule has 0 radical (unpaired) electrons. The van der Waals surface area contributed by atoms with E-state index in [-0.39, 0.29) is 18.4 Å². The Balaban J connectivity index is 1.48. The summed E-state index contributed by atoms with van der Waals surface area (Å²) in [6, 6.07) is 15.5. The fraction of sp³-hybridized carbons (Fsp3) is 0.364. The molecule has 6 heteroatoms. The summed E-state index contributed by atoms with van der Waals surface area (Å²) in [6.45, 7) is 2.71. The van der Waals surface area contributed by atoms with Crippen molar-refractivity contribution in [1.29, 1.82) is 0 Å². The largest absolute Gasteiger partial charge is 0.370 e. The number of anilines is 2. The molecule has 3 N–H and O–H groups in total. The predicted octanol–water partition coefficient (Wildman–Crippen LogP) is 2.14. The molecule has 0 bridgehead atoms. The number of carbonyl (C=O) groups excluding carboxylic acids is 2. The number of nitrogens with one attached hydrogen (secondary N) is 1. The number of fused-ring (bicyclic) bond motifs is 1. The SMILES string of the molecule is NC(=O)[C@@H]1Cc2ccccc2CN1CC(=O)Nc1ccccc1N1CCCC1. The summed E-state index contributed by atoms with van der Waals surface area (Å²) in [5, 5.41) is 3.04. The molecule has 1 saturated heterocycles. The molecular weight excluding hydrogens is 352 g/mol. The number of rotatable bonds is 5. The molecule has 2 amide bonds. The fourth-order valence-electron chi connectivity index (χ4n) is 4.21. The van der Waals surface area contributed by atoms with Crippen LogP contribution in [0, 0.1) is 0 Å². The van der Waals surface area contributed by atoms with Gasteiger partial charge in [-0.05, 0) is 42.5 Å².